The molecule has 2 aliphatic rings. The highest BCUT2D eigenvalue weighted by Crippen LogP contribution is 2.22. The molecule has 3 rings (SSSR count). The Morgan fingerprint density at radius 1 is 0.905 bits per heavy atom. The molecule has 1 aromatic carbocycles. The third kappa shape index (κ3) is 3.19. The zero-order chi connectivity index (χ0) is 14.5. The van der Waals surface area contributed by atoms with E-state index in [9.17, 15) is 4.79 Å². The molecule has 0 unspecified atom stereocenters. The van der Waals surface area contributed by atoms with Crippen LogP contribution < -0.4 is 0 Å². The van der Waals surface area contributed by atoms with E-state index in [4.69, 9.17) is 0 Å². The molecular weight excluding hydrogens is 256 g/mol. The summed E-state index contributed by atoms with van der Waals surface area (Å²) in [6.07, 6.45) is 16.4. The summed E-state index contributed by atoms with van der Waals surface area (Å²) in [6.45, 7) is 0. The van der Waals surface area contributed by atoms with Crippen LogP contribution in [0.25, 0.3) is 0 Å². The van der Waals surface area contributed by atoms with Crippen molar-refractivity contribution in [1.82, 2.24) is 0 Å². The van der Waals surface area contributed by atoms with Crippen LogP contribution >= 0.6 is 0 Å². The van der Waals surface area contributed by atoms with Gasteiger partial charge in [-0.3, -0.25) is 4.79 Å². The van der Waals surface area contributed by atoms with Crippen LogP contribution in [-0.2, 0) is 0 Å². The van der Waals surface area contributed by atoms with Crippen LogP contribution in [0.4, 0.5) is 0 Å². The Labute approximate surface area is 124 Å². The predicted octanol–water partition coefficient (Wildman–Crippen LogP) is 4.16. The number of allylic oxidation sites excluding steroid dienone is 10. The summed E-state index contributed by atoms with van der Waals surface area (Å²) in [5, 5.41) is 0. The van der Waals surface area contributed by atoms with Gasteiger partial charge >= 0.3 is 0 Å². The predicted molar refractivity (Wildman–Crippen MR) is 85.9 cm³/mol. The van der Waals surface area contributed by atoms with Gasteiger partial charge in [-0.15, -0.1) is 0 Å². The number of benzene rings is 1. The highest BCUT2D eigenvalue weighted by molar-refractivity contribution is 5.74. The van der Waals surface area contributed by atoms with Gasteiger partial charge in [-0.2, -0.15) is 0 Å². The van der Waals surface area contributed by atoms with Crippen LogP contribution in [-0.4, -0.2) is 6.29 Å². The van der Waals surface area contributed by atoms with Gasteiger partial charge in [0.05, 0.1) is 0 Å². The highest BCUT2D eigenvalue weighted by Gasteiger charge is 2.04. The van der Waals surface area contributed by atoms with Gasteiger partial charge in [0, 0.05) is 16.7 Å². The summed E-state index contributed by atoms with van der Waals surface area (Å²) >= 11 is 0. The van der Waals surface area contributed by atoms with E-state index >= 15 is 0 Å². The molecule has 0 aromatic heterocycles. The van der Waals surface area contributed by atoms with Crippen molar-refractivity contribution in [2.24, 2.45) is 0 Å². The molecule has 0 amide bonds. The first kappa shape index (κ1) is 13.1. The van der Waals surface area contributed by atoms with Crippen LogP contribution in [0.5, 0.6) is 0 Å². The van der Waals surface area contributed by atoms with Gasteiger partial charge < -0.3 is 0 Å². The van der Waals surface area contributed by atoms with Crippen LogP contribution in [0.2, 0.25) is 0 Å². The van der Waals surface area contributed by atoms with E-state index in [0.29, 0.717) is 5.56 Å². The van der Waals surface area contributed by atoms with Crippen molar-refractivity contribution in [1.29, 1.82) is 0 Å². The van der Waals surface area contributed by atoms with Crippen molar-refractivity contribution in [2.45, 2.75) is 6.42 Å². The van der Waals surface area contributed by atoms with E-state index in [0.717, 1.165) is 23.8 Å². The van der Waals surface area contributed by atoms with Crippen molar-refractivity contribution < 1.29 is 4.79 Å². The molecule has 1 heteroatoms. The number of hydrogen-bond donors (Lipinski definition) is 0. The Bertz CT molecular complexity index is 755. The Kier molecular flexibility index (Phi) is 3.80. The standard InChI is InChI=1S/C20H14O/c21-15-18-9-7-16(8-10-18)5-6-17-11-13-20(14-12-17)19-3-1-2-4-19/h1-4,7-13,15H,14H2. The number of hydrogen-bond acceptors (Lipinski definition) is 1. The first-order valence-electron chi connectivity index (χ1n) is 6.88. The molecule has 0 saturated carbocycles. The Balaban J connectivity index is 1.73. The second kappa shape index (κ2) is 6.07. The SMILES string of the molecule is O=Cc1ccc(C#CC2=CCC(=C3C=CC=C3)C=C2)cc1. The van der Waals surface area contributed by atoms with Crippen molar-refractivity contribution >= 4 is 6.29 Å². The van der Waals surface area contributed by atoms with Crippen LogP contribution in [0, 0.1) is 11.8 Å². The largest absolute Gasteiger partial charge is 0.298 e. The molecule has 0 fully saturated rings. The molecule has 0 spiro atoms. The summed E-state index contributed by atoms with van der Waals surface area (Å²) in [6, 6.07) is 7.30. The smallest absolute Gasteiger partial charge is 0.150 e. The Morgan fingerprint density at radius 3 is 2.29 bits per heavy atom. The summed E-state index contributed by atoms with van der Waals surface area (Å²) < 4.78 is 0. The third-order valence-corrected chi connectivity index (χ3v) is 3.44. The molecule has 0 radical (unpaired) electrons. The van der Waals surface area contributed by atoms with Crippen molar-refractivity contribution in [3.05, 3.63) is 94.6 Å². The second-order valence-corrected chi connectivity index (χ2v) is 4.89. The topological polar surface area (TPSA) is 17.1 Å². The lowest BCUT2D eigenvalue weighted by Gasteiger charge is -2.06. The molecule has 100 valence electrons. The van der Waals surface area contributed by atoms with Gasteiger partial charge in [0.15, 0.2) is 0 Å². The molecule has 2 aliphatic carbocycles. The van der Waals surface area contributed by atoms with E-state index in [1.54, 1.807) is 12.1 Å². The molecule has 0 bridgehead atoms. The van der Waals surface area contributed by atoms with E-state index in [1.807, 2.05) is 12.1 Å². The first-order valence-corrected chi connectivity index (χ1v) is 6.88. The van der Waals surface area contributed by atoms with Crippen LogP contribution in [0.3, 0.4) is 0 Å². The van der Waals surface area contributed by atoms with Gasteiger partial charge in [0.2, 0.25) is 0 Å². The molecule has 0 atom stereocenters. The molecule has 1 nitrogen and oxygen atoms in total. The lowest BCUT2D eigenvalue weighted by atomic mass is 9.98. The summed E-state index contributed by atoms with van der Waals surface area (Å²) in [7, 11) is 0. The zero-order valence-corrected chi connectivity index (χ0v) is 11.5. The number of aldehydes is 1. The van der Waals surface area contributed by atoms with Gasteiger partial charge in [-0.05, 0) is 35.8 Å². The summed E-state index contributed by atoms with van der Waals surface area (Å²) in [4.78, 5) is 10.6. The fourth-order valence-corrected chi connectivity index (χ4v) is 2.23. The second-order valence-electron chi connectivity index (χ2n) is 4.89. The summed E-state index contributed by atoms with van der Waals surface area (Å²) in [5.74, 6) is 6.28. The van der Waals surface area contributed by atoms with E-state index < -0.39 is 0 Å². The van der Waals surface area contributed by atoms with E-state index in [-0.39, 0.29) is 0 Å². The zero-order valence-electron chi connectivity index (χ0n) is 11.5. The van der Waals surface area contributed by atoms with E-state index in [2.05, 4.69) is 54.4 Å². The minimum absolute atomic E-state index is 0.672. The molecule has 0 heterocycles. The van der Waals surface area contributed by atoms with Crippen molar-refractivity contribution in [2.75, 3.05) is 0 Å². The van der Waals surface area contributed by atoms with Crippen molar-refractivity contribution in [3.63, 3.8) is 0 Å². The average Bonchev–Trinajstić information content (AvgIpc) is 3.08. The molecule has 0 saturated heterocycles. The third-order valence-electron chi connectivity index (χ3n) is 3.44. The van der Waals surface area contributed by atoms with Gasteiger partial charge in [0.1, 0.15) is 6.29 Å². The fourth-order valence-electron chi connectivity index (χ4n) is 2.23. The number of carbonyl (C=O) groups is 1. The molecule has 21 heavy (non-hydrogen) atoms. The lowest BCUT2D eigenvalue weighted by Crippen LogP contribution is -1.89. The van der Waals surface area contributed by atoms with Crippen molar-refractivity contribution in [3.8, 4) is 11.8 Å². The Morgan fingerprint density at radius 2 is 1.67 bits per heavy atom. The highest BCUT2D eigenvalue weighted by atomic mass is 16.1. The summed E-state index contributed by atoms with van der Waals surface area (Å²) in [5.41, 5.74) is 5.22. The first-order chi connectivity index (χ1) is 10.3. The maximum atomic E-state index is 10.6. The Hall–Kier alpha value is -2.85. The minimum Gasteiger partial charge on any atom is -0.298 e. The molecule has 0 N–H and O–H groups in total. The number of rotatable bonds is 1. The van der Waals surface area contributed by atoms with Gasteiger partial charge in [-0.1, -0.05) is 60.4 Å². The monoisotopic (exact) mass is 270 g/mol. The minimum atomic E-state index is 0.672. The molecule has 1 aromatic rings. The number of carbonyl (C=O) groups excluding carboxylic acids is 1. The van der Waals surface area contributed by atoms with E-state index in [1.165, 1.54) is 11.1 Å². The quantitative estimate of drug-likeness (QED) is 0.553. The van der Waals surface area contributed by atoms with Gasteiger partial charge in [0.25, 0.3) is 0 Å². The fraction of sp³-hybridized carbons (Fsp3) is 0.0500. The maximum Gasteiger partial charge on any atom is 0.150 e. The molecule has 0 aliphatic heterocycles. The van der Waals surface area contributed by atoms with Crippen LogP contribution in [0.15, 0.2) is 83.5 Å². The maximum absolute atomic E-state index is 10.6. The average molecular weight is 270 g/mol. The van der Waals surface area contributed by atoms with Crippen LogP contribution in [0.1, 0.15) is 22.3 Å². The normalized spacial score (nSPS) is 15.7. The molecular formula is C20H14O. The van der Waals surface area contributed by atoms with Gasteiger partial charge in [-0.25, -0.2) is 0 Å². The lowest BCUT2D eigenvalue weighted by molar-refractivity contribution is 0.112.